The van der Waals surface area contributed by atoms with Crippen molar-refractivity contribution in [2.24, 2.45) is 0 Å². The van der Waals surface area contributed by atoms with E-state index in [4.69, 9.17) is 0 Å². The molecule has 1 heterocycles. The maximum Gasteiger partial charge on any atom is 0.440 e. The topological polar surface area (TPSA) is 78.5 Å². The van der Waals surface area contributed by atoms with E-state index in [2.05, 4.69) is 0 Å². The number of imide groups is 1. The van der Waals surface area contributed by atoms with Crippen LogP contribution in [0.4, 0.5) is 22.4 Å². The highest BCUT2D eigenvalue weighted by Crippen LogP contribution is 2.34. The number of halogens is 4. The SMILES string of the molecule is O=C(N[C@]1(C(F)(F)F)NC(=O)N(CCc2ccccc2)C1=O)c1ccc(F)cc1. The van der Waals surface area contributed by atoms with Crippen LogP contribution >= 0.6 is 0 Å². The Bertz CT molecular complexity index is 932. The summed E-state index contributed by atoms with van der Waals surface area (Å²) >= 11 is 0. The highest BCUT2D eigenvalue weighted by atomic mass is 19.4. The summed E-state index contributed by atoms with van der Waals surface area (Å²) in [5.41, 5.74) is -3.19. The van der Waals surface area contributed by atoms with Crippen molar-refractivity contribution in [3.05, 3.63) is 71.5 Å². The zero-order valence-corrected chi connectivity index (χ0v) is 14.8. The molecule has 4 amide bonds. The average molecular weight is 409 g/mol. The van der Waals surface area contributed by atoms with Gasteiger partial charge in [0.25, 0.3) is 17.5 Å². The zero-order valence-electron chi connectivity index (χ0n) is 14.8. The maximum atomic E-state index is 13.8. The predicted molar refractivity (Wildman–Crippen MR) is 93.0 cm³/mol. The van der Waals surface area contributed by atoms with E-state index in [1.54, 1.807) is 41.0 Å². The molecule has 2 aromatic rings. The summed E-state index contributed by atoms with van der Waals surface area (Å²) in [6, 6.07) is 11.0. The summed E-state index contributed by atoms with van der Waals surface area (Å²) in [5.74, 6) is -3.62. The van der Waals surface area contributed by atoms with E-state index in [9.17, 15) is 31.9 Å². The molecule has 6 nitrogen and oxygen atoms in total. The summed E-state index contributed by atoms with van der Waals surface area (Å²) < 4.78 is 54.3. The van der Waals surface area contributed by atoms with Gasteiger partial charge in [-0.3, -0.25) is 19.8 Å². The molecule has 1 aliphatic heterocycles. The molecule has 0 aliphatic carbocycles. The third-order valence-electron chi connectivity index (χ3n) is 4.41. The third-order valence-corrected chi connectivity index (χ3v) is 4.41. The van der Waals surface area contributed by atoms with Gasteiger partial charge >= 0.3 is 12.2 Å². The molecule has 0 saturated carbocycles. The van der Waals surface area contributed by atoms with Crippen molar-refractivity contribution in [3.63, 3.8) is 0 Å². The Balaban J connectivity index is 1.84. The molecule has 10 heteroatoms. The second kappa shape index (κ2) is 7.53. The number of benzene rings is 2. The van der Waals surface area contributed by atoms with Crippen LogP contribution in [-0.4, -0.2) is 41.1 Å². The molecule has 0 spiro atoms. The van der Waals surface area contributed by atoms with Crippen LogP contribution in [0.15, 0.2) is 54.6 Å². The quantitative estimate of drug-likeness (QED) is 0.589. The fraction of sp³-hybridized carbons (Fsp3) is 0.211. The number of carbonyl (C=O) groups is 3. The van der Waals surface area contributed by atoms with Crippen molar-refractivity contribution in [1.82, 2.24) is 15.5 Å². The van der Waals surface area contributed by atoms with Crippen LogP contribution in [0.1, 0.15) is 15.9 Å². The first-order valence-corrected chi connectivity index (χ1v) is 8.47. The van der Waals surface area contributed by atoms with E-state index in [-0.39, 0.29) is 18.5 Å². The molecule has 1 saturated heterocycles. The van der Waals surface area contributed by atoms with E-state index < -0.39 is 35.5 Å². The van der Waals surface area contributed by atoms with Gasteiger partial charge in [-0.2, -0.15) is 13.2 Å². The number of carbonyl (C=O) groups excluding carboxylic acids is 3. The van der Waals surface area contributed by atoms with Crippen LogP contribution < -0.4 is 10.6 Å². The average Bonchev–Trinajstić information content (AvgIpc) is 2.92. The van der Waals surface area contributed by atoms with Crippen molar-refractivity contribution in [2.45, 2.75) is 18.3 Å². The van der Waals surface area contributed by atoms with Crippen LogP contribution in [-0.2, 0) is 11.2 Å². The van der Waals surface area contributed by atoms with Gasteiger partial charge in [-0.25, -0.2) is 9.18 Å². The minimum Gasteiger partial charge on any atom is -0.314 e. The van der Waals surface area contributed by atoms with Gasteiger partial charge in [0, 0.05) is 12.1 Å². The van der Waals surface area contributed by atoms with Crippen LogP contribution in [0.25, 0.3) is 0 Å². The molecule has 152 valence electrons. The highest BCUT2D eigenvalue weighted by Gasteiger charge is 2.68. The van der Waals surface area contributed by atoms with Gasteiger partial charge in [-0.15, -0.1) is 0 Å². The van der Waals surface area contributed by atoms with E-state index in [0.717, 1.165) is 24.3 Å². The second-order valence-corrected chi connectivity index (χ2v) is 6.33. The Labute approximate surface area is 162 Å². The molecule has 2 aromatic carbocycles. The van der Waals surface area contributed by atoms with Crippen molar-refractivity contribution in [1.29, 1.82) is 0 Å². The molecular formula is C19H15F4N3O3. The summed E-state index contributed by atoms with van der Waals surface area (Å²) in [5, 5.41) is 3.13. The number of hydrogen-bond acceptors (Lipinski definition) is 3. The van der Waals surface area contributed by atoms with Crippen molar-refractivity contribution in [2.75, 3.05) is 6.54 Å². The molecule has 29 heavy (non-hydrogen) atoms. The predicted octanol–water partition coefficient (Wildman–Crippen LogP) is 2.61. The lowest BCUT2D eigenvalue weighted by Crippen LogP contribution is -2.69. The van der Waals surface area contributed by atoms with Crippen LogP contribution in [0, 0.1) is 5.82 Å². The van der Waals surface area contributed by atoms with Crippen molar-refractivity contribution in [3.8, 4) is 0 Å². The first-order valence-electron chi connectivity index (χ1n) is 8.47. The number of nitrogens with zero attached hydrogens (tertiary/aromatic N) is 1. The molecule has 3 rings (SSSR count). The fourth-order valence-corrected chi connectivity index (χ4v) is 2.86. The molecule has 0 bridgehead atoms. The fourth-order valence-electron chi connectivity index (χ4n) is 2.86. The number of hydrogen-bond donors (Lipinski definition) is 2. The van der Waals surface area contributed by atoms with Crippen LogP contribution in [0.2, 0.25) is 0 Å². The summed E-state index contributed by atoms with van der Waals surface area (Å²) in [4.78, 5) is 37.4. The molecular weight excluding hydrogens is 394 g/mol. The molecule has 0 unspecified atom stereocenters. The number of amides is 4. The lowest BCUT2D eigenvalue weighted by molar-refractivity contribution is -0.200. The van der Waals surface area contributed by atoms with Gasteiger partial charge in [0.2, 0.25) is 0 Å². The summed E-state index contributed by atoms with van der Waals surface area (Å²) in [7, 11) is 0. The first-order chi connectivity index (χ1) is 13.6. The minimum atomic E-state index is -5.31. The van der Waals surface area contributed by atoms with Gasteiger partial charge in [-0.05, 0) is 36.2 Å². The van der Waals surface area contributed by atoms with Crippen LogP contribution in [0.5, 0.6) is 0 Å². The van der Waals surface area contributed by atoms with Crippen molar-refractivity contribution >= 4 is 17.8 Å². The zero-order chi connectivity index (χ0) is 21.2. The first kappa shape index (κ1) is 20.3. The van der Waals surface area contributed by atoms with E-state index in [0.29, 0.717) is 10.5 Å². The Morgan fingerprint density at radius 1 is 1.03 bits per heavy atom. The van der Waals surface area contributed by atoms with Crippen molar-refractivity contribution < 1.29 is 31.9 Å². The van der Waals surface area contributed by atoms with Gasteiger partial charge < -0.3 is 5.32 Å². The molecule has 0 aromatic heterocycles. The van der Waals surface area contributed by atoms with Gasteiger partial charge in [-0.1, -0.05) is 30.3 Å². The largest absolute Gasteiger partial charge is 0.440 e. The standard InChI is InChI=1S/C19H15F4N3O3/c20-14-8-6-13(7-9-14)15(27)24-18(19(21,22)23)16(28)26(17(29)25-18)11-10-12-4-2-1-3-5-12/h1-9H,10-11H2,(H,24,27)(H,25,29)/t18-/m0/s1. The second-order valence-electron chi connectivity index (χ2n) is 6.33. The van der Waals surface area contributed by atoms with E-state index in [1.807, 2.05) is 0 Å². The molecule has 2 N–H and O–H groups in total. The Kier molecular flexibility index (Phi) is 5.27. The maximum absolute atomic E-state index is 13.8. The Hall–Kier alpha value is -3.43. The number of rotatable bonds is 5. The highest BCUT2D eigenvalue weighted by molar-refractivity contribution is 6.10. The van der Waals surface area contributed by atoms with Gasteiger partial charge in [0.05, 0.1) is 0 Å². The molecule has 1 aliphatic rings. The van der Waals surface area contributed by atoms with Gasteiger partial charge in [0.1, 0.15) is 5.82 Å². The number of nitrogens with one attached hydrogen (secondary N) is 2. The molecule has 1 atom stereocenters. The molecule has 1 fully saturated rings. The number of alkyl halides is 3. The Morgan fingerprint density at radius 3 is 2.24 bits per heavy atom. The molecule has 0 radical (unpaired) electrons. The number of urea groups is 1. The smallest absolute Gasteiger partial charge is 0.314 e. The third kappa shape index (κ3) is 3.91. The summed E-state index contributed by atoms with van der Waals surface area (Å²) in [6.07, 6.45) is -5.17. The minimum absolute atomic E-state index is 0.139. The lowest BCUT2D eigenvalue weighted by atomic mass is 10.1. The van der Waals surface area contributed by atoms with E-state index >= 15 is 0 Å². The van der Waals surface area contributed by atoms with E-state index in [1.165, 1.54) is 0 Å². The normalized spacial score (nSPS) is 19.2. The monoisotopic (exact) mass is 409 g/mol. The summed E-state index contributed by atoms with van der Waals surface area (Å²) in [6.45, 7) is -0.307. The van der Waals surface area contributed by atoms with Gasteiger partial charge in [0.15, 0.2) is 0 Å². The Morgan fingerprint density at radius 2 is 1.66 bits per heavy atom. The lowest BCUT2D eigenvalue weighted by Gasteiger charge is -2.29. The van der Waals surface area contributed by atoms with Crippen LogP contribution in [0.3, 0.4) is 0 Å².